The van der Waals surface area contributed by atoms with E-state index >= 15 is 0 Å². The number of ether oxygens (including phenoxy) is 3. The molecule has 0 bridgehead atoms. The number of rotatable bonds is 7. The van der Waals surface area contributed by atoms with Crippen molar-refractivity contribution in [3.05, 3.63) is 22.4 Å². The molecule has 1 fully saturated rings. The first-order valence-electron chi connectivity index (χ1n) is 6.95. The molecule has 0 aliphatic heterocycles. The van der Waals surface area contributed by atoms with Gasteiger partial charge in [0.2, 0.25) is 0 Å². The molecule has 3 nitrogen and oxygen atoms in total. The summed E-state index contributed by atoms with van der Waals surface area (Å²) in [6.07, 6.45) is 4.48. The van der Waals surface area contributed by atoms with Crippen LogP contribution in [0.4, 0.5) is 4.39 Å². The molecule has 0 saturated heterocycles. The van der Waals surface area contributed by atoms with E-state index in [0.717, 1.165) is 32.3 Å². The van der Waals surface area contributed by atoms with Crippen molar-refractivity contribution in [2.45, 2.75) is 44.8 Å². The maximum absolute atomic E-state index is 13.6. The first-order valence-corrected chi connectivity index (χ1v) is 7.74. The maximum Gasteiger partial charge on any atom is 0.179 e. The summed E-state index contributed by atoms with van der Waals surface area (Å²) in [5.74, 6) is 0.394. The molecule has 5 heteroatoms. The molecule has 2 rings (SSSR count). The summed E-state index contributed by atoms with van der Waals surface area (Å²) < 4.78 is 30.4. The third-order valence-corrected chi connectivity index (χ3v) is 3.97. The summed E-state index contributed by atoms with van der Waals surface area (Å²) in [6.45, 7) is 2.97. The lowest BCUT2D eigenvalue weighted by molar-refractivity contribution is -0.0613. The maximum atomic E-state index is 13.6. The van der Waals surface area contributed by atoms with Gasteiger partial charge in [-0.25, -0.2) is 4.39 Å². The van der Waals surface area contributed by atoms with Crippen LogP contribution >= 0.6 is 15.9 Å². The van der Waals surface area contributed by atoms with Crippen LogP contribution in [0.5, 0.6) is 11.5 Å². The largest absolute Gasteiger partial charge is 0.493 e. The zero-order valence-electron chi connectivity index (χ0n) is 11.8. The predicted octanol–water partition coefficient (Wildman–Crippen LogP) is 4.32. The van der Waals surface area contributed by atoms with Gasteiger partial charge in [0.1, 0.15) is 11.9 Å². The van der Waals surface area contributed by atoms with Crippen LogP contribution in [0.15, 0.2) is 16.6 Å². The Kier molecular flexibility index (Phi) is 5.66. The predicted molar refractivity (Wildman–Crippen MR) is 79.0 cm³/mol. The minimum Gasteiger partial charge on any atom is -0.493 e. The van der Waals surface area contributed by atoms with Crippen molar-refractivity contribution in [3.63, 3.8) is 0 Å². The molecule has 1 aromatic carbocycles. The van der Waals surface area contributed by atoms with Gasteiger partial charge in [-0.2, -0.15) is 0 Å². The summed E-state index contributed by atoms with van der Waals surface area (Å²) in [6, 6.07) is 3.20. The third-order valence-electron chi connectivity index (χ3n) is 3.39. The highest BCUT2D eigenvalue weighted by atomic mass is 79.9. The second-order valence-electron chi connectivity index (χ2n) is 4.98. The van der Waals surface area contributed by atoms with Gasteiger partial charge in [-0.15, -0.1) is 0 Å². The molecular weight excluding hydrogens is 327 g/mol. The standard InChI is InChI=1S/C15H20BrFO3/c1-3-4-5-19-10-6-11(7-10)20-12-8-13(16)15(17)14(9-12)18-2/h8-11H,3-7H2,1-2H3/t10-,11-. The van der Waals surface area contributed by atoms with E-state index < -0.39 is 5.82 Å². The zero-order chi connectivity index (χ0) is 14.5. The van der Waals surface area contributed by atoms with Gasteiger partial charge in [0.05, 0.1) is 17.7 Å². The molecule has 0 spiro atoms. The summed E-state index contributed by atoms with van der Waals surface area (Å²) in [5, 5.41) is 0. The average molecular weight is 347 g/mol. The Labute approximate surface area is 127 Å². The van der Waals surface area contributed by atoms with Crippen molar-refractivity contribution in [1.82, 2.24) is 0 Å². The smallest absolute Gasteiger partial charge is 0.179 e. The fraction of sp³-hybridized carbons (Fsp3) is 0.600. The van der Waals surface area contributed by atoms with Crippen molar-refractivity contribution in [2.75, 3.05) is 13.7 Å². The molecular formula is C15H20BrFO3. The van der Waals surface area contributed by atoms with Gasteiger partial charge >= 0.3 is 0 Å². The number of hydrogen-bond donors (Lipinski definition) is 0. The van der Waals surface area contributed by atoms with Crippen molar-refractivity contribution in [3.8, 4) is 11.5 Å². The molecule has 1 aliphatic carbocycles. The Balaban J connectivity index is 1.82. The lowest BCUT2D eigenvalue weighted by atomic mass is 9.92. The molecule has 0 radical (unpaired) electrons. The van der Waals surface area contributed by atoms with Crippen LogP contribution in [0.2, 0.25) is 0 Å². The van der Waals surface area contributed by atoms with Crippen LogP contribution in [0.25, 0.3) is 0 Å². The van der Waals surface area contributed by atoms with E-state index in [0.29, 0.717) is 16.3 Å². The fourth-order valence-electron chi connectivity index (χ4n) is 2.09. The molecule has 0 atom stereocenters. The van der Waals surface area contributed by atoms with Crippen molar-refractivity contribution in [2.24, 2.45) is 0 Å². The minimum absolute atomic E-state index is 0.142. The Hall–Kier alpha value is -0.810. The summed E-state index contributed by atoms with van der Waals surface area (Å²) in [5.41, 5.74) is 0. The average Bonchev–Trinajstić information content (AvgIpc) is 2.39. The lowest BCUT2D eigenvalue weighted by Crippen LogP contribution is -2.39. The number of unbranched alkanes of at least 4 members (excludes halogenated alkanes) is 1. The quantitative estimate of drug-likeness (QED) is 0.688. The van der Waals surface area contributed by atoms with Crippen LogP contribution < -0.4 is 9.47 Å². The van der Waals surface area contributed by atoms with Gasteiger partial charge in [0, 0.05) is 25.5 Å². The van der Waals surface area contributed by atoms with Crippen molar-refractivity contribution < 1.29 is 18.6 Å². The summed E-state index contributed by atoms with van der Waals surface area (Å²) >= 11 is 3.16. The fourth-order valence-corrected chi connectivity index (χ4v) is 2.51. The summed E-state index contributed by atoms with van der Waals surface area (Å²) in [4.78, 5) is 0. The highest BCUT2D eigenvalue weighted by molar-refractivity contribution is 9.10. The first kappa shape index (κ1) is 15.6. The molecule has 0 N–H and O–H groups in total. The number of methoxy groups -OCH3 is 1. The molecule has 1 aromatic rings. The molecule has 0 amide bonds. The third kappa shape index (κ3) is 3.85. The highest BCUT2D eigenvalue weighted by Crippen LogP contribution is 2.34. The first-order chi connectivity index (χ1) is 9.63. The van der Waals surface area contributed by atoms with E-state index in [1.54, 1.807) is 12.1 Å². The van der Waals surface area contributed by atoms with Crippen LogP contribution in [0.1, 0.15) is 32.6 Å². The van der Waals surface area contributed by atoms with Gasteiger partial charge in [-0.3, -0.25) is 0 Å². The Morgan fingerprint density at radius 2 is 2.05 bits per heavy atom. The lowest BCUT2D eigenvalue weighted by Gasteiger charge is -2.35. The van der Waals surface area contributed by atoms with Gasteiger partial charge in [0.15, 0.2) is 11.6 Å². The van der Waals surface area contributed by atoms with Gasteiger partial charge < -0.3 is 14.2 Å². The number of halogens is 2. The SMILES string of the molecule is CCCCO[C@H]1C[C@H](Oc2cc(Br)c(F)c(OC)c2)C1. The van der Waals surface area contributed by atoms with Crippen molar-refractivity contribution >= 4 is 15.9 Å². The zero-order valence-corrected chi connectivity index (χ0v) is 13.4. The van der Waals surface area contributed by atoms with E-state index in [1.807, 2.05) is 0 Å². The van der Waals surface area contributed by atoms with Crippen LogP contribution in [-0.2, 0) is 4.74 Å². The van der Waals surface area contributed by atoms with E-state index in [-0.39, 0.29) is 11.9 Å². The number of hydrogen-bond acceptors (Lipinski definition) is 3. The second-order valence-corrected chi connectivity index (χ2v) is 5.83. The van der Waals surface area contributed by atoms with Crippen LogP contribution in [-0.4, -0.2) is 25.9 Å². The highest BCUT2D eigenvalue weighted by Gasteiger charge is 2.31. The van der Waals surface area contributed by atoms with Gasteiger partial charge in [-0.1, -0.05) is 13.3 Å². The summed E-state index contributed by atoms with van der Waals surface area (Å²) in [7, 11) is 1.44. The normalized spacial score (nSPS) is 21.4. The molecule has 112 valence electrons. The van der Waals surface area contributed by atoms with Crippen LogP contribution in [0, 0.1) is 5.82 Å². The van der Waals surface area contributed by atoms with E-state index in [2.05, 4.69) is 22.9 Å². The van der Waals surface area contributed by atoms with E-state index in [4.69, 9.17) is 14.2 Å². The molecule has 0 aromatic heterocycles. The number of benzene rings is 1. The van der Waals surface area contributed by atoms with Gasteiger partial charge in [0.25, 0.3) is 0 Å². The Morgan fingerprint density at radius 1 is 1.30 bits per heavy atom. The minimum atomic E-state index is -0.408. The Bertz CT molecular complexity index is 447. The molecule has 0 unspecified atom stereocenters. The van der Waals surface area contributed by atoms with E-state index in [9.17, 15) is 4.39 Å². The monoisotopic (exact) mass is 346 g/mol. The molecule has 0 heterocycles. The topological polar surface area (TPSA) is 27.7 Å². The molecule has 1 aliphatic rings. The van der Waals surface area contributed by atoms with Gasteiger partial charge in [-0.05, 0) is 28.4 Å². The van der Waals surface area contributed by atoms with E-state index in [1.165, 1.54) is 7.11 Å². The van der Waals surface area contributed by atoms with Crippen LogP contribution in [0.3, 0.4) is 0 Å². The Morgan fingerprint density at radius 3 is 2.70 bits per heavy atom. The molecule has 1 saturated carbocycles. The second kappa shape index (κ2) is 7.27. The molecule has 20 heavy (non-hydrogen) atoms. The van der Waals surface area contributed by atoms with Crippen molar-refractivity contribution in [1.29, 1.82) is 0 Å².